The Kier molecular flexibility index (Phi) is 4.66. The van der Waals surface area contributed by atoms with Crippen molar-refractivity contribution in [1.82, 2.24) is 4.98 Å². The van der Waals surface area contributed by atoms with Crippen LogP contribution in [0.25, 0.3) is 17.0 Å². The number of ether oxygens (including phenoxy) is 1. The molecule has 0 aliphatic heterocycles. The van der Waals surface area contributed by atoms with Crippen LogP contribution in [0.4, 0.5) is 4.39 Å². The van der Waals surface area contributed by atoms with Gasteiger partial charge in [0, 0.05) is 16.5 Å². The molecule has 0 atom stereocenters. The highest BCUT2D eigenvalue weighted by atomic mass is 19.1. The van der Waals surface area contributed by atoms with Gasteiger partial charge in [-0.15, -0.1) is 0 Å². The predicted octanol–water partition coefficient (Wildman–Crippen LogP) is 4.67. The summed E-state index contributed by atoms with van der Waals surface area (Å²) in [6, 6.07) is 15.1. The molecular formula is C20H16FNO2. The summed E-state index contributed by atoms with van der Waals surface area (Å²) in [7, 11) is 0. The van der Waals surface area contributed by atoms with Crippen molar-refractivity contribution in [2.75, 3.05) is 6.61 Å². The minimum Gasteiger partial charge on any atom is -0.478 e. The van der Waals surface area contributed by atoms with Gasteiger partial charge in [-0.05, 0) is 55.5 Å². The van der Waals surface area contributed by atoms with Crippen molar-refractivity contribution in [3.8, 4) is 5.88 Å². The lowest BCUT2D eigenvalue weighted by Gasteiger charge is -2.08. The zero-order chi connectivity index (χ0) is 16.9. The quantitative estimate of drug-likeness (QED) is 0.506. The van der Waals surface area contributed by atoms with Crippen LogP contribution in [0.15, 0.2) is 60.7 Å². The van der Waals surface area contributed by atoms with Crippen molar-refractivity contribution in [3.63, 3.8) is 0 Å². The van der Waals surface area contributed by atoms with E-state index in [1.54, 1.807) is 6.08 Å². The predicted molar refractivity (Wildman–Crippen MR) is 92.7 cm³/mol. The molecular weight excluding hydrogens is 305 g/mol. The zero-order valence-electron chi connectivity index (χ0n) is 13.2. The molecule has 0 saturated heterocycles. The summed E-state index contributed by atoms with van der Waals surface area (Å²) in [6.45, 7) is 2.37. The van der Waals surface area contributed by atoms with Crippen LogP contribution in [-0.2, 0) is 0 Å². The normalized spacial score (nSPS) is 11.1. The molecule has 24 heavy (non-hydrogen) atoms. The minimum absolute atomic E-state index is 0.203. The summed E-state index contributed by atoms with van der Waals surface area (Å²) in [4.78, 5) is 16.7. The van der Waals surface area contributed by atoms with E-state index in [2.05, 4.69) is 4.98 Å². The van der Waals surface area contributed by atoms with Gasteiger partial charge in [-0.1, -0.05) is 18.2 Å². The van der Waals surface area contributed by atoms with Gasteiger partial charge in [0.25, 0.3) is 0 Å². The SMILES string of the molecule is CCOc1nc2ccccc2cc1/C=C/C(=O)c1ccc(F)cc1. The third-order valence-corrected chi connectivity index (χ3v) is 3.54. The van der Waals surface area contributed by atoms with Crippen molar-refractivity contribution >= 4 is 22.8 Å². The van der Waals surface area contributed by atoms with Gasteiger partial charge < -0.3 is 4.74 Å². The molecule has 0 aliphatic rings. The van der Waals surface area contributed by atoms with E-state index in [0.717, 1.165) is 16.5 Å². The number of hydrogen-bond donors (Lipinski definition) is 0. The molecule has 3 aromatic rings. The Balaban J connectivity index is 1.94. The van der Waals surface area contributed by atoms with E-state index in [9.17, 15) is 9.18 Å². The molecule has 3 rings (SSSR count). The number of nitrogens with zero attached hydrogens (tertiary/aromatic N) is 1. The van der Waals surface area contributed by atoms with Gasteiger partial charge >= 0.3 is 0 Å². The number of carbonyl (C=O) groups excluding carboxylic acids is 1. The van der Waals surface area contributed by atoms with Gasteiger partial charge in [-0.25, -0.2) is 9.37 Å². The van der Waals surface area contributed by atoms with Gasteiger partial charge in [0.05, 0.1) is 12.1 Å². The maximum Gasteiger partial charge on any atom is 0.221 e. The highest BCUT2D eigenvalue weighted by molar-refractivity contribution is 6.07. The second-order valence-electron chi connectivity index (χ2n) is 5.21. The Labute approximate surface area is 139 Å². The molecule has 0 unspecified atom stereocenters. The molecule has 0 aliphatic carbocycles. The van der Waals surface area contributed by atoms with Crippen LogP contribution in [0.2, 0.25) is 0 Å². The van der Waals surface area contributed by atoms with E-state index >= 15 is 0 Å². The number of fused-ring (bicyclic) bond motifs is 1. The van der Waals surface area contributed by atoms with Crippen molar-refractivity contribution < 1.29 is 13.9 Å². The number of ketones is 1. The molecule has 3 nitrogen and oxygen atoms in total. The molecule has 0 N–H and O–H groups in total. The van der Waals surface area contributed by atoms with E-state index in [1.807, 2.05) is 37.3 Å². The van der Waals surface area contributed by atoms with Crippen LogP contribution in [0.5, 0.6) is 5.88 Å². The summed E-state index contributed by atoms with van der Waals surface area (Å²) in [5.74, 6) is -0.0853. The molecule has 1 heterocycles. The number of pyridine rings is 1. The topological polar surface area (TPSA) is 39.2 Å². The molecule has 0 amide bonds. The molecule has 120 valence electrons. The Morgan fingerprint density at radius 2 is 1.92 bits per heavy atom. The molecule has 0 spiro atoms. The summed E-state index contributed by atoms with van der Waals surface area (Å²) in [6.07, 6.45) is 3.12. The van der Waals surface area contributed by atoms with Crippen LogP contribution in [0.1, 0.15) is 22.8 Å². The number of hydrogen-bond acceptors (Lipinski definition) is 3. The Morgan fingerprint density at radius 3 is 2.67 bits per heavy atom. The highest BCUT2D eigenvalue weighted by Crippen LogP contribution is 2.23. The fraction of sp³-hybridized carbons (Fsp3) is 0.100. The Bertz CT molecular complexity index is 901. The number of rotatable bonds is 5. The van der Waals surface area contributed by atoms with E-state index in [0.29, 0.717) is 18.1 Å². The zero-order valence-corrected chi connectivity index (χ0v) is 13.2. The van der Waals surface area contributed by atoms with Crippen LogP contribution < -0.4 is 4.74 Å². The van der Waals surface area contributed by atoms with Gasteiger partial charge in [0.1, 0.15) is 5.82 Å². The fourth-order valence-electron chi connectivity index (χ4n) is 2.36. The first kappa shape index (κ1) is 15.9. The van der Waals surface area contributed by atoms with Crippen molar-refractivity contribution in [2.45, 2.75) is 6.92 Å². The maximum atomic E-state index is 12.9. The van der Waals surface area contributed by atoms with Gasteiger partial charge in [0.2, 0.25) is 5.88 Å². The molecule has 2 aromatic carbocycles. The van der Waals surface area contributed by atoms with Gasteiger partial charge in [-0.2, -0.15) is 0 Å². The second-order valence-corrected chi connectivity index (χ2v) is 5.21. The lowest BCUT2D eigenvalue weighted by molar-refractivity contribution is 0.104. The lowest BCUT2D eigenvalue weighted by Crippen LogP contribution is -1.98. The monoisotopic (exact) mass is 321 g/mol. The summed E-state index contributed by atoms with van der Waals surface area (Å²) >= 11 is 0. The summed E-state index contributed by atoms with van der Waals surface area (Å²) < 4.78 is 18.5. The number of benzene rings is 2. The second kappa shape index (κ2) is 7.04. The first-order valence-electron chi connectivity index (χ1n) is 7.68. The number of para-hydroxylation sites is 1. The van der Waals surface area contributed by atoms with E-state index in [1.165, 1.54) is 30.3 Å². The van der Waals surface area contributed by atoms with Crippen molar-refractivity contribution in [3.05, 3.63) is 77.6 Å². The van der Waals surface area contributed by atoms with Gasteiger partial charge in [0.15, 0.2) is 5.78 Å². The maximum absolute atomic E-state index is 12.9. The first-order valence-corrected chi connectivity index (χ1v) is 7.68. The van der Waals surface area contributed by atoms with E-state index < -0.39 is 0 Å². The largest absolute Gasteiger partial charge is 0.478 e. The number of aromatic nitrogens is 1. The highest BCUT2D eigenvalue weighted by Gasteiger charge is 2.07. The molecule has 4 heteroatoms. The molecule has 0 bridgehead atoms. The summed E-state index contributed by atoms with van der Waals surface area (Å²) in [5.41, 5.74) is 1.99. The first-order chi connectivity index (χ1) is 11.7. The van der Waals surface area contributed by atoms with Crippen LogP contribution in [-0.4, -0.2) is 17.4 Å². The third-order valence-electron chi connectivity index (χ3n) is 3.54. The lowest BCUT2D eigenvalue weighted by atomic mass is 10.1. The number of halogens is 1. The molecule has 1 aromatic heterocycles. The molecule has 0 saturated carbocycles. The van der Waals surface area contributed by atoms with Crippen molar-refractivity contribution in [1.29, 1.82) is 0 Å². The molecule has 0 fully saturated rings. The standard InChI is InChI=1S/C20H16FNO2/c1-2-24-20-16(13-15-5-3-4-6-18(15)22-20)9-12-19(23)14-7-10-17(21)11-8-14/h3-13H,2H2,1H3/b12-9+. The third kappa shape index (κ3) is 3.49. The minimum atomic E-state index is -0.368. The van der Waals surface area contributed by atoms with Crippen LogP contribution >= 0.6 is 0 Å². The number of carbonyl (C=O) groups is 1. The smallest absolute Gasteiger partial charge is 0.221 e. The van der Waals surface area contributed by atoms with Gasteiger partial charge in [-0.3, -0.25) is 4.79 Å². The van der Waals surface area contributed by atoms with E-state index in [4.69, 9.17) is 4.74 Å². The molecule has 0 radical (unpaired) electrons. The summed E-state index contributed by atoms with van der Waals surface area (Å²) in [5, 5.41) is 0.967. The Morgan fingerprint density at radius 1 is 1.17 bits per heavy atom. The number of allylic oxidation sites excluding steroid dienone is 1. The average Bonchev–Trinajstić information content (AvgIpc) is 2.60. The van der Waals surface area contributed by atoms with Crippen molar-refractivity contribution in [2.24, 2.45) is 0 Å². The Hall–Kier alpha value is -3.01. The average molecular weight is 321 g/mol. The van der Waals surface area contributed by atoms with Crippen LogP contribution in [0.3, 0.4) is 0 Å². The van der Waals surface area contributed by atoms with Crippen LogP contribution in [0, 0.1) is 5.82 Å². The van der Waals surface area contributed by atoms with E-state index in [-0.39, 0.29) is 11.6 Å². The fourth-order valence-corrected chi connectivity index (χ4v) is 2.36.